The van der Waals surface area contributed by atoms with E-state index in [1.54, 1.807) is 6.92 Å². The second-order valence-electron chi connectivity index (χ2n) is 6.48. The molecule has 2 aliphatic rings. The number of rotatable bonds is 6. The Balaban J connectivity index is 1.66. The first-order valence-electron chi connectivity index (χ1n) is 7.82. The topological polar surface area (TPSA) is 58.6 Å². The molecule has 0 heterocycles. The lowest BCUT2D eigenvalue weighted by atomic mass is 9.92. The van der Waals surface area contributed by atoms with E-state index in [2.05, 4.69) is 17.4 Å². The molecule has 0 spiro atoms. The highest BCUT2D eigenvalue weighted by Gasteiger charge is 2.39. The maximum atomic E-state index is 11.5. The number of carbonyl (C=O) groups is 1. The van der Waals surface area contributed by atoms with Gasteiger partial charge in [0.25, 0.3) is 0 Å². The summed E-state index contributed by atoms with van der Waals surface area (Å²) >= 11 is 0. The molecule has 1 aromatic carbocycles. The van der Waals surface area contributed by atoms with Gasteiger partial charge in [0.05, 0.1) is 0 Å². The van der Waals surface area contributed by atoms with Crippen molar-refractivity contribution in [2.24, 2.45) is 0 Å². The van der Waals surface area contributed by atoms with Crippen molar-refractivity contribution in [2.45, 2.75) is 57.0 Å². The third-order valence-corrected chi connectivity index (χ3v) is 4.42. The summed E-state index contributed by atoms with van der Waals surface area (Å²) in [7, 11) is 0. The summed E-state index contributed by atoms with van der Waals surface area (Å²) in [4.78, 5) is 11.5. The van der Waals surface area contributed by atoms with Gasteiger partial charge in [-0.25, -0.2) is 0 Å². The summed E-state index contributed by atoms with van der Waals surface area (Å²) in [6.45, 7) is 1.85. The Morgan fingerprint density at radius 2 is 2.05 bits per heavy atom. The quantitative estimate of drug-likeness (QED) is 0.845. The summed E-state index contributed by atoms with van der Waals surface area (Å²) in [6.07, 6.45) is 6.85. The minimum atomic E-state index is -1.02. The minimum absolute atomic E-state index is 0.150. The number of hydrogen-bond acceptors (Lipinski definition) is 3. The number of aryl methyl sites for hydroxylation is 2. The average molecular weight is 289 g/mol. The van der Waals surface area contributed by atoms with E-state index in [9.17, 15) is 9.90 Å². The number of fused-ring (bicyclic) bond motifs is 1. The highest BCUT2D eigenvalue weighted by molar-refractivity contribution is 5.78. The Kier molecular flexibility index (Phi) is 3.89. The monoisotopic (exact) mass is 289 g/mol. The summed E-state index contributed by atoms with van der Waals surface area (Å²) in [6, 6.07) is 6.49. The number of carboxylic acid groups (broad SMARTS) is 1. The molecule has 21 heavy (non-hydrogen) atoms. The van der Waals surface area contributed by atoms with Crippen LogP contribution in [0.3, 0.4) is 0 Å². The van der Waals surface area contributed by atoms with Crippen LogP contribution in [-0.2, 0) is 17.6 Å². The molecule has 1 aromatic rings. The number of aliphatic carboxylic acids is 1. The molecule has 0 bridgehead atoms. The van der Waals surface area contributed by atoms with Crippen LogP contribution >= 0.6 is 0 Å². The van der Waals surface area contributed by atoms with Crippen molar-refractivity contribution in [1.29, 1.82) is 0 Å². The maximum absolute atomic E-state index is 11.5. The Bertz CT molecular complexity index is 539. The van der Waals surface area contributed by atoms with Crippen LogP contribution in [0.15, 0.2) is 18.2 Å². The second-order valence-corrected chi connectivity index (χ2v) is 6.48. The third kappa shape index (κ3) is 3.38. The molecule has 1 atom stereocenters. The smallest absolute Gasteiger partial charge is 0.327 e. The SMILES string of the molecule is CC(COc1ccc2c(c1)CCCC2)(NC1CC1)C(=O)O. The Hall–Kier alpha value is -1.55. The molecule has 114 valence electrons. The summed E-state index contributed by atoms with van der Waals surface area (Å²) in [5.74, 6) is -0.0759. The van der Waals surface area contributed by atoms with Crippen LogP contribution in [0.5, 0.6) is 5.75 Å². The molecular weight excluding hydrogens is 266 g/mol. The number of hydrogen-bond donors (Lipinski definition) is 2. The van der Waals surface area contributed by atoms with Gasteiger partial charge < -0.3 is 9.84 Å². The zero-order valence-electron chi connectivity index (χ0n) is 12.5. The number of nitrogens with one attached hydrogen (secondary N) is 1. The van der Waals surface area contributed by atoms with Crippen molar-refractivity contribution in [2.75, 3.05) is 6.61 Å². The number of carboxylic acids is 1. The molecule has 0 amide bonds. The van der Waals surface area contributed by atoms with E-state index in [0.717, 1.165) is 31.4 Å². The molecule has 0 radical (unpaired) electrons. The van der Waals surface area contributed by atoms with Crippen molar-refractivity contribution in [1.82, 2.24) is 5.32 Å². The van der Waals surface area contributed by atoms with Crippen molar-refractivity contribution < 1.29 is 14.6 Å². The van der Waals surface area contributed by atoms with Gasteiger partial charge in [0.15, 0.2) is 0 Å². The Labute approximate surface area is 125 Å². The highest BCUT2D eigenvalue weighted by atomic mass is 16.5. The van der Waals surface area contributed by atoms with Gasteiger partial charge in [-0.2, -0.15) is 0 Å². The van der Waals surface area contributed by atoms with Gasteiger partial charge in [-0.3, -0.25) is 10.1 Å². The molecule has 0 aliphatic heterocycles. The largest absolute Gasteiger partial charge is 0.491 e. The molecule has 1 saturated carbocycles. The van der Waals surface area contributed by atoms with Crippen molar-refractivity contribution in [3.8, 4) is 5.75 Å². The van der Waals surface area contributed by atoms with Crippen LogP contribution in [0, 0.1) is 0 Å². The molecular formula is C17H23NO3. The standard InChI is InChI=1S/C17H23NO3/c1-17(16(19)20,18-14-7-8-14)11-21-15-9-6-12-4-2-3-5-13(12)10-15/h6,9-10,14,18H,2-5,7-8,11H2,1H3,(H,19,20). The van der Waals surface area contributed by atoms with Crippen LogP contribution in [0.2, 0.25) is 0 Å². The lowest BCUT2D eigenvalue weighted by molar-refractivity contribution is -0.145. The third-order valence-electron chi connectivity index (χ3n) is 4.42. The second kappa shape index (κ2) is 5.68. The van der Waals surface area contributed by atoms with Crippen molar-refractivity contribution in [3.05, 3.63) is 29.3 Å². The zero-order valence-corrected chi connectivity index (χ0v) is 12.5. The molecule has 0 saturated heterocycles. The number of ether oxygens (including phenoxy) is 1. The first kappa shape index (κ1) is 14.4. The Morgan fingerprint density at radius 1 is 1.33 bits per heavy atom. The molecule has 3 rings (SSSR count). The predicted molar refractivity (Wildman–Crippen MR) is 80.8 cm³/mol. The van der Waals surface area contributed by atoms with E-state index in [1.165, 1.54) is 24.0 Å². The van der Waals surface area contributed by atoms with E-state index >= 15 is 0 Å². The minimum Gasteiger partial charge on any atom is -0.491 e. The van der Waals surface area contributed by atoms with Gasteiger partial charge in [-0.1, -0.05) is 6.07 Å². The van der Waals surface area contributed by atoms with Gasteiger partial charge in [-0.15, -0.1) is 0 Å². The summed E-state index contributed by atoms with van der Waals surface area (Å²) in [5.41, 5.74) is 1.74. The molecule has 2 aliphatic carbocycles. The van der Waals surface area contributed by atoms with Gasteiger partial charge in [-0.05, 0) is 68.7 Å². The number of benzene rings is 1. The van der Waals surface area contributed by atoms with Gasteiger partial charge in [0.1, 0.15) is 17.9 Å². The van der Waals surface area contributed by atoms with Gasteiger partial charge in [0.2, 0.25) is 0 Å². The van der Waals surface area contributed by atoms with E-state index in [0.29, 0.717) is 6.04 Å². The van der Waals surface area contributed by atoms with Crippen LogP contribution in [0.25, 0.3) is 0 Å². The fourth-order valence-electron chi connectivity index (χ4n) is 2.87. The normalized spacial score (nSPS) is 20.4. The van der Waals surface area contributed by atoms with E-state index < -0.39 is 11.5 Å². The molecule has 4 nitrogen and oxygen atoms in total. The average Bonchev–Trinajstić information content (AvgIpc) is 3.28. The maximum Gasteiger partial charge on any atom is 0.327 e. The molecule has 1 unspecified atom stereocenters. The Morgan fingerprint density at radius 3 is 2.71 bits per heavy atom. The van der Waals surface area contributed by atoms with Crippen molar-refractivity contribution in [3.63, 3.8) is 0 Å². The van der Waals surface area contributed by atoms with Gasteiger partial charge >= 0.3 is 5.97 Å². The molecule has 1 fully saturated rings. The summed E-state index contributed by atoms with van der Waals surface area (Å²) in [5, 5.41) is 12.6. The van der Waals surface area contributed by atoms with E-state index in [1.807, 2.05) is 6.07 Å². The zero-order chi connectivity index (χ0) is 14.9. The summed E-state index contributed by atoms with van der Waals surface area (Å²) < 4.78 is 5.78. The van der Waals surface area contributed by atoms with Crippen molar-refractivity contribution >= 4 is 5.97 Å². The molecule has 4 heteroatoms. The lowest BCUT2D eigenvalue weighted by Crippen LogP contribution is -2.54. The molecule has 2 N–H and O–H groups in total. The fraction of sp³-hybridized carbons (Fsp3) is 0.588. The van der Waals surface area contributed by atoms with Crippen LogP contribution in [0.1, 0.15) is 43.7 Å². The lowest BCUT2D eigenvalue weighted by Gasteiger charge is -2.26. The fourth-order valence-corrected chi connectivity index (χ4v) is 2.87. The highest BCUT2D eigenvalue weighted by Crippen LogP contribution is 2.27. The first-order valence-corrected chi connectivity index (χ1v) is 7.82. The first-order chi connectivity index (χ1) is 10.1. The van der Waals surface area contributed by atoms with Crippen LogP contribution in [-0.4, -0.2) is 29.3 Å². The van der Waals surface area contributed by atoms with Gasteiger partial charge in [0, 0.05) is 6.04 Å². The van der Waals surface area contributed by atoms with Crippen LogP contribution in [0.4, 0.5) is 0 Å². The molecule has 0 aromatic heterocycles. The van der Waals surface area contributed by atoms with E-state index in [4.69, 9.17) is 4.74 Å². The van der Waals surface area contributed by atoms with E-state index in [-0.39, 0.29) is 6.61 Å². The van der Waals surface area contributed by atoms with Crippen LogP contribution < -0.4 is 10.1 Å². The predicted octanol–water partition coefficient (Wildman–Crippen LogP) is 2.54.